The number of aromatic nitrogens is 1. The number of rotatable bonds is 3. The van der Waals surface area contributed by atoms with E-state index in [0.29, 0.717) is 17.4 Å². The van der Waals surface area contributed by atoms with Crippen molar-refractivity contribution in [2.45, 2.75) is 19.4 Å². The molecule has 0 spiro atoms. The number of halogens is 1. The molecule has 2 rings (SSSR count). The van der Waals surface area contributed by atoms with Gasteiger partial charge >= 0.3 is 11.7 Å². The molecule has 1 aromatic rings. The molecular formula is C11H12BrN3O4. The summed E-state index contributed by atoms with van der Waals surface area (Å²) < 4.78 is 0.432. The lowest BCUT2D eigenvalue weighted by Crippen LogP contribution is -2.39. The second-order valence-electron chi connectivity index (χ2n) is 4.49. The molecule has 1 saturated heterocycles. The number of carboxylic acids is 1. The van der Waals surface area contributed by atoms with Gasteiger partial charge in [-0.2, -0.15) is 0 Å². The van der Waals surface area contributed by atoms with Gasteiger partial charge in [-0.3, -0.25) is 15.1 Å². The molecule has 0 radical (unpaired) electrons. The Kier molecular flexibility index (Phi) is 3.70. The number of nitro groups is 1. The number of hydrogen-bond donors (Lipinski definition) is 1. The van der Waals surface area contributed by atoms with Crippen LogP contribution in [0.25, 0.3) is 0 Å². The van der Waals surface area contributed by atoms with Gasteiger partial charge in [0.1, 0.15) is 17.9 Å². The van der Waals surface area contributed by atoms with Crippen LogP contribution in [0, 0.1) is 16.0 Å². The van der Waals surface area contributed by atoms with E-state index in [-0.39, 0.29) is 17.3 Å². The van der Waals surface area contributed by atoms with Crippen LogP contribution in [0.3, 0.4) is 0 Å². The molecule has 0 bridgehead atoms. The minimum atomic E-state index is -0.969. The number of carboxylic acid groups (broad SMARTS) is 1. The maximum Gasteiger partial charge on any atom is 0.326 e. The van der Waals surface area contributed by atoms with Crippen LogP contribution in [0.5, 0.6) is 0 Å². The highest BCUT2D eigenvalue weighted by molar-refractivity contribution is 9.10. The number of aliphatic carboxylic acids is 1. The molecule has 8 heteroatoms. The largest absolute Gasteiger partial charge is 0.480 e. The number of hydrogen-bond acceptors (Lipinski definition) is 5. The van der Waals surface area contributed by atoms with E-state index in [0.717, 1.165) is 6.20 Å². The van der Waals surface area contributed by atoms with E-state index in [1.54, 1.807) is 4.90 Å². The molecule has 7 nitrogen and oxygen atoms in total. The summed E-state index contributed by atoms with van der Waals surface area (Å²) in [5.74, 6) is -1.03. The maximum absolute atomic E-state index is 11.3. The van der Waals surface area contributed by atoms with Crippen LogP contribution in [0.2, 0.25) is 0 Å². The molecule has 1 aromatic heterocycles. The number of anilines is 1. The van der Waals surface area contributed by atoms with Crippen molar-refractivity contribution in [3.63, 3.8) is 0 Å². The number of pyridine rings is 1. The molecule has 1 aliphatic rings. The Labute approximate surface area is 117 Å². The van der Waals surface area contributed by atoms with Crippen molar-refractivity contribution in [1.82, 2.24) is 4.98 Å². The highest BCUT2D eigenvalue weighted by atomic mass is 79.9. The summed E-state index contributed by atoms with van der Waals surface area (Å²) >= 11 is 3.22. The van der Waals surface area contributed by atoms with Crippen molar-refractivity contribution >= 4 is 33.3 Å². The Bertz CT molecular complexity index is 537. The third kappa shape index (κ3) is 2.40. The quantitative estimate of drug-likeness (QED) is 0.673. The second-order valence-corrected chi connectivity index (χ2v) is 5.34. The Morgan fingerprint density at radius 3 is 2.89 bits per heavy atom. The summed E-state index contributed by atoms with van der Waals surface area (Å²) in [6, 6.07) is -0.752. The van der Waals surface area contributed by atoms with Gasteiger partial charge in [0.05, 0.1) is 9.40 Å². The Morgan fingerprint density at radius 1 is 1.63 bits per heavy atom. The molecular weight excluding hydrogens is 318 g/mol. The van der Waals surface area contributed by atoms with Crippen LogP contribution in [-0.2, 0) is 4.79 Å². The molecule has 0 aromatic carbocycles. The molecule has 1 N–H and O–H groups in total. The first-order valence-electron chi connectivity index (χ1n) is 5.70. The lowest BCUT2D eigenvalue weighted by atomic mass is 10.0. The molecule has 1 fully saturated rings. The Hall–Kier alpha value is -1.70. The molecule has 102 valence electrons. The highest BCUT2D eigenvalue weighted by Crippen LogP contribution is 2.40. The average Bonchev–Trinajstić information content (AvgIpc) is 2.70. The van der Waals surface area contributed by atoms with Crippen LogP contribution in [-0.4, -0.2) is 33.6 Å². The van der Waals surface area contributed by atoms with Crippen molar-refractivity contribution in [3.05, 3.63) is 27.0 Å². The van der Waals surface area contributed by atoms with E-state index in [4.69, 9.17) is 0 Å². The molecule has 2 heterocycles. The van der Waals surface area contributed by atoms with E-state index in [1.807, 2.05) is 6.92 Å². The van der Waals surface area contributed by atoms with E-state index in [2.05, 4.69) is 20.9 Å². The Morgan fingerprint density at radius 2 is 2.32 bits per heavy atom. The van der Waals surface area contributed by atoms with E-state index in [1.165, 1.54) is 6.20 Å². The highest BCUT2D eigenvalue weighted by Gasteiger charge is 2.40. The van der Waals surface area contributed by atoms with Gasteiger partial charge in [-0.1, -0.05) is 6.92 Å². The molecule has 0 amide bonds. The summed E-state index contributed by atoms with van der Waals surface area (Å²) in [6.45, 7) is 2.31. The van der Waals surface area contributed by atoms with Crippen molar-refractivity contribution in [2.24, 2.45) is 5.92 Å². The van der Waals surface area contributed by atoms with Gasteiger partial charge in [-0.05, 0) is 28.3 Å². The summed E-state index contributed by atoms with van der Waals surface area (Å²) in [5, 5.41) is 20.4. The fourth-order valence-corrected chi connectivity index (χ4v) is 2.96. The van der Waals surface area contributed by atoms with Gasteiger partial charge in [0, 0.05) is 12.7 Å². The lowest BCUT2D eigenvalue weighted by Gasteiger charge is -2.25. The van der Waals surface area contributed by atoms with Crippen molar-refractivity contribution in [3.8, 4) is 0 Å². The number of nitrogens with zero attached hydrogens (tertiary/aromatic N) is 3. The normalized spacial score (nSPS) is 22.5. The molecule has 2 atom stereocenters. The van der Waals surface area contributed by atoms with Crippen LogP contribution in [0.1, 0.15) is 13.3 Å². The first-order chi connectivity index (χ1) is 8.93. The minimum absolute atomic E-state index is 0.0582. The van der Waals surface area contributed by atoms with Gasteiger partial charge in [-0.15, -0.1) is 0 Å². The monoisotopic (exact) mass is 329 g/mol. The summed E-state index contributed by atoms with van der Waals surface area (Å²) in [6.07, 6.45) is 3.26. The zero-order chi connectivity index (χ0) is 14.2. The third-order valence-electron chi connectivity index (χ3n) is 3.29. The van der Waals surface area contributed by atoms with Crippen LogP contribution in [0.4, 0.5) is 11.4 Å². The maximum atomic E-state index is 11.3. The third-order valence-corrected chi connectivity index (χ3v) is 3.87. The van der Waals surface area contributed by atoms with Gasteiger partial charge in [0.2, 0.25) is 0 Å². The standard InChI is InChI=1S/C11H12BrN3O4/c1-6-2-3-14(9(6)11(16)17)10-7(12)4-13-5-8(10)15(18)19/h4-6,9H,2-3H2,1H3,(H,16,17). The Balaban J connectivity index is 2.52. The van der Waals surface area contributed by atoms with Crippen LogP contribution >= 0.6 is 15.9 Å². The molecule has 19 heavy (non-hydrogen) atoms. The van der Waals surface area contributed by atoms with Gasteiger partial charge in [0.25, 0.3) is 0 Å². The summed E-state index contributed by atoms with van der Waals surface area (Å²) in [4.78, 5) is 27.2. The molecule has 2 unspecified atom stereocenters. The van der Waals surface area contributed by atoms with E-state index < -0.39 is 16.9 Å². The van der Waals surface area contributed by atoms with Gasteiger partial charge in [0.15, 0.2) is 0 Å². The minimum Gasteiger partial charge on any atom is -0.480 e. The van der Waals surface area contributed by atoms with Gasteiger partial charge in [-0.25, -0.2) is 4.79 Å². The zero-order valence-corrected chi connectivity index (χ0v) is 11.7. The summed E-state index contributed by atoms with van der Waals surface area (Å²) in [7, 11) is 0. The molecule has 0 aliphatic carbocycles. The van der Waals surface area contributed by atoms with E-state index >= 15 is 0 Å². The van der Waals surface area contributed by atoms with Crippen LogP contribution in [0.15, 0.2) is 16.9 Å². The smallest absolute Gasteiger partial charge is 0.326 e. The number of carbonyl (C=O) groups is 1. The fraction of sp³-hybridized carbons (Fsp3) is 0.455. The zero-order valence-electron chi connectivity index (χ0n) is 10.1. The van der Waals surface area contributed by atoms with E-state index in [9.17, 15) is 20.0 Å². The van der Waals surface area contributed by atoms with Crippen molar-refractivity contribution < 1.29 is 14.8 Å². The first-order valence-corrected chi connectivity index (χ1v) is 6.50. The average molecular weight is 330 g/mol. The lowest BCUT2D eigenvalue weighted by molar-refractivity contribution is -0.384. The predicted octanol–water partition coefficient (Wildman–Crippen LogP) is 2.05. The molecule has 0 saturated carbocycles. The predicted molar refractivity (Wildman–Crippen MR) is 71.1 cm³/mol. The topological polar surface area (TPSA) is 96.6 Å². The second kappa shape index (κ2) is 5.12. The van der Waals surface area contributed by atoms with Crippen molar-refractivity contribution in [2.75, 3.05) is 11.4 Å². The summed E-state index contributed by atoms with van der Waals surface area (Å²) in [5.41, 5.74) is 0.103. The first kappa shape index (κ1) is 13.7. The van der Waals surface area contributed by atoms with Gasteiger partial charge < -0.3 is 10.0 Å². The molecule has 1 aliphatic heterocycles. The SMILES string of the molecule is CC1CCN(c2c(Br)cncc2[N+](=O)[O-])C1C(=O)O. The van der Waals surface area contributed by atoms with Crippen LogP contribution < -0.4 is 4.90 Å². The fourth-order valence-electron chi connectivity index (χ4n) is 2.41. The van der Waals surface area contributed by atoms with Crippen molar-refractivity contribution in [1.29, 1.82) is 0 Å².